The summed E-state index contributed by atoms with van der Waals surface area (Å²) >= 11 is 0. The van der Waals surface area contributed by atoms with E-state index in [1.54, 1.807) is 12.3 Å². The molecule has 2 rings (SSSR count). The summed E-state index contributed by atoms with van der Waals surface area (Å²) in [4.78, 5) is 4.21. The molecule has 0 aliphatic rings. The van der Waals surface area contributed by atoms with Crippen molar-refractivity contribution in [2.75, 3.05) is 7.05 Å². The molecule has 0 aliphatic heterocycles. The Morgan fingerprint density at radius 3 is 2.75 bits per heavy atom. The summed E-state index contributed by atoms with van der Waals surface area (Å²) in [6.45, 7) is 0. The lowest BCUT2D eigenvalue weighted by atomic mass is 10.1. The van der Waals surface area contributed by atoms with Gasteiger partial charge in [0.2, 0.25) is 10.0 Å². The fourth-order valence-electron chi connectivity index (χ4n) is 1.56. The second kappa shape index (κ2) is 4.19. The lowest BCUT2D eigenvalue weighted by Gasteiger charge is -2.05. The Hall–Kier alpha value is -1.46. The molecule has 1 aromatic heterocycles. The van der Waals surface area contributed by atoms with Crippen LogP contribution in [-0.4, -0.2) is 20.4 Å². The van der Waals surface area contributed by atoms with E-state index in [0.717, 1.165) is 10.9 Å². The molecule has 0 atom stereocenters. The zero-order chi connectivity index (χ0) is 11.6. The number of sulfonamides is 1. The Labute approximate surface area is 94.4 Å². The highest BCUT2D eigenvalue weighted by atomic mass is 32.2. The van der Waals surface area contributed by atoms with Crippen LogP contribution in [0.3, 0.4) is 0 Å². The first-order valence-corrected chi connectivity index (χ1v) is 6.51. The van der Waals surface area contributed by atoms with E-state index in [2.05, 4.69) is 9.71 Å². The zero-order valence-corrected chi connectivity index (χ0v) is 9.66. The van der Waals surface area contributed by atoms with E-state index < -0.39 is 10.0 Å². The van der Waals surface area contributed by atoms with Crippen molar-refractivity contribution in [3.8, 4) is 0 Å². The van der Waals surface area contributed by atoms with Crippen molar-refractivity contribution in [2.45, 2.75) is 5.75 Å². The molecule has 0 fully saturated rings. The number of benzene rings is 1. The number of rotatable bonds is 3. The number of para-hydroxylation sites is 1. The lowest BCUT2D eigenvalue weighted by molar-refractivity contribution is 0.587. The molecule has 0 bridgehead atoms. The highest BCUT2D eigenvalue weighted by Crippen LogP contribution is 2.17. The fraction of sp³-hybridized carbons (Fsp3) is 0.182. The van der Waals surface area contributed by atoms with Crippen LogP contribution >= 0.6 is 0 Å². The summed E-state index contributed by atoms with van der Waals surface area (Å²) in [5.74, 6) is -0.0438. The number of fused-ring (bicyclic) bond motifs is 1. The van der Waals surface area contributed by atoms with Crippen molar-refractivity contribution in [1.29, 1.82) is 0 Å². The summed E-state index contributed by atoms with van der Waals surface area (Å²) in [6.07, 6.45) is 1.66. The van der Waals surface area contributed by atoms with Crippen LogP contribution < -0.4 is 4.72 Å². The first-order chi connectivity index (χ1) is 7.62. The van der Waals surface area contributed by atoms with E-state index in [-0.39, 0.29) is 5.75 Å². The number of hydrogen-bond donors (Lipinski definition) is 1. The van der Waals surface area contributed by atoms with Crippen LogP contribution in [-0.2, 0) is 15.8 Å². The van der Waals surface area contributed by atoms with Crippen LogP contribution in [0.25, 0.3) is 10.9 Å². The summed E-state index contributed by atoms with van der Waals surface area (Å²) in [5.41, 5.74) is 1.45. The zero-order valence-electron chi connectivity index (χ0n) is 8.84. The van der Waals surface area contributed by atoms with E-state index in [1.165, 1.54) is 7.05 Å². The third-order valence-electron chi connectivity index (χ3n) is 2.37. The maximum Gasteiger partial charge on any atom is 0.215 e. The molecule has 0 saturated heterocycles. The van der Waals surface area contributed by atoms with Gasteiger partial charge in [0.1, 0.15) is 0 Å². The number of nitrogens with one attached hydrogen (secondary N) is 1. The molecule has 4 nitrogen and oxygen atoms in total. The van der Waals surface area contributed by atoms with E-state index in [1.807, 2.05) is 24.3 Å². The second-order valence-electron chi connectivity index (χ2n) is 3.46. The number of nitrogens with zero attached hydrogens (tertiary/aromatic N) is 1. The molecule has 2 aromatic rings. The van der Waals surface area contributed by atoms with Crippen LogP contribution in [0.2, 0.25) is 0 Å². The molecule has 0 unspecified atom stereocenters. The first kappa shape index (κ1) is 11.0. The predicted molar refractivity (Wildman–Crippen MR) is 63.4 cm³/mol. The number of aromatic nitrogens is 1. The van der Waals surface area contributed by atoms with Crippen molar-refractivity contribution in [3.05, 3.63) is 42.1 Å². The van der Waals surface area contributed by atoms with Gasteiger partial charge in [-0.05, 0) is 18.7 Å². The summed E-state index contributed by atoms with van der Waals surface area (Å²) in [5, 5.41) is 0.950. The van der Waals surface area contributed by atoms with Gasteiger partial charge in [-0.2, -0.15) is 0 Å². The van der Waals surface area contributed by atoms with Crippen LogP contribution in [0.5, 0.6) is 0 Å². The largest absolute Gasteiger partial charge is 0.256 e. The molecule has 0 amide bonds. The molecule has 5 heteroatoms. The van der Waals surface area contributed by atoms with Crippen molar-refractivity contribution in [1.82, 2.24) is 9.71 Å². The number of pyridine rings is 1. The summed E-state index contributed by atoms with van der Waals surface area (Å²) in [6, 6.07) is 9.28. The minimum atomic E-state index is -3.25. The number of hydrogen-bond acceptors (Lipinski definition) is 3. The smallest absolute Gasteiger partial charge is 0.215 e. The molecule has 84 valence electrons. The highest BCUT2D eigenvalue weighted by Gasteiger charge is 2.11. The molecule has 0 aliphatic carbocycles. The average molecular weight is 236 g/mol. The first-order valence-electron chi connectivity index (χ1n) is 4.86. The van der Waals surface area contributed by atoms with Crippen LogP contribution in [0.1, 0.15) is 5.56 Å². The van der Waals surface area contributed by atoms with Crippen molar-refractivity contribution in [3.63, 3.8) is 0 Å². The van der Waals surface area contributed by atoms with Crippen LogP contribution in [0.4, 0.5) is 0 Å². The second-order valence-corrected chi connectivity index (χ2v) is 5.38. The Balaban J connectivity index is 2.53. The Bertz CT molecular complexity index is 603. The molecule has 1 N–H and O–H groups in total. The molecule has 0 radical (unpaired) electrons. The molecule has 1 heterocycles. The third kappa shape index (κ3) is 2.20. The van der Waals surface area contributed by atoms with Crippen molar-refractivity contribution >= 4 is 20.9 Å². The van der Waals surface area contributed by atoms with Crippen molar-refractivity contribution < 1.29 is 8.42 Å². The van der Waals surface area contributed by atoms with E-state index in [0.29, 0.717) is 5.56 Å². The quantitative estimate of drug-likeness (QED) is 0.873. The third-order valence-corrected chi connectivity index (χ3v) is 3.69. The molecule has 0 spiro atoms. The van der Waals surface area contributed by atoms with Gasteiger partial charge in [0.25, 0.3) is 0 Å². The normalized spacial score (nSPS) is 11.8. The van der Waals surface area contributed by atoms with E-state index >= 15 is 0 Å². The Morgan fingerprint density at radius 1 is 1.25 bits per heavy atom. The summed E-state index contributed by atoms with van der Waals surface area (Å²) in [7, 11) is -1.84. The standard InChI is InChI=1S/C11H12N2O2S/c1-12-16(14,15)8-10-5-2-4-9-6-3-7-13-11(9)10/h2-7,12H,8H2,1H3. The maximum absolute atomic E-state index is 11.5. The minimum Gasteiger partial charge on any atom is -0.256 e. The SMILES string of the molecule is CNS(=O)(=O)Cc1cccc2cccnc12. The topological polar surface area (TPSA) is 59.1 Å². The van der Waals surface area contributed by atoms with Gasteiger partial charge in [0, 0.05) is 11.6 Å². The van der Waals surface area contributed by atoms with Gasteiger partial charge in [-0.15, -0.1) is 0 Å². The molecule has 0 saturated carbocycles. The lowest BCUT2D eigenvalue weighted by Crippen LogP contribution is -2.20. The Kier molecular flexibility index (Phi) is 2.89. The van der Waals surface area contributed by atoms with Crippen LogP contribution in [0.15, 0.2) is 36.5 Å². The monoisotopic (exact) mass is 236 g/mol. The van der Waals surface area contributed by atoms with Gasteiger partial charge >= 0.3 is 0 Å². The van der Waals surface area contributed by atoms with Crippen molar-refractivity contribution in [2.24, 2.45) is 0 Å². The predicted octanol–water partition coefficient (Wildman–Crippen LogP) is 1.28. The maximum atomic E-state index is 11.5. The van der Waals surface area contributed by atoms with Gasteiger partial charge < -0.3 is 0 Å². The average Bonchev–Trinajstić information content (AvgIpc) is 2.29. The molecular weight excluding hydrogens is 224 g/mol. The Morgan fingerprint density at radius 2 is 2.00 bits per heavy atom. The molecule has 16 heavy (non-hydrogen) atoms. The summed E-state index contributed by atoms with van der Waals surface area (Å²) < 4.78 is 25.2. The van der Waals surface area contributed by atoms with E-state index in [9.17, 15) is 8.42 Å². The fourth-order valence-corrected chi connectivity index (χ4v) is 2.35. The van der Waals surface area contributed by atoms with E-state index in [4.69, 9.17) is 0 Å². The van der Waals surface area contributed by atoms with Gasteiger partial charge in [-0.3, -0.25) is 4.98 Å². The van der Waals surface area contributed by atoms with Gasteiger partial charge in [-0.1, -0.05) is 24.3 Å². The van der Waals surface area contributed by atoms with Crippen LogP contribution in [0, 0.1) is 0 Å². The molecule has 1 aromatic carbocycles. The highest BCUT2D eigenvalue weighted by molar-refractivity contribution is 7.88. The van der Waals surface area contributed by atoms with Gasteiger partial charge in [-0.25, -0.2) is 13.1 Å². The molecular formula is C11H12N2O2S. The van der Waals surface area contributed by atoms with Gasteiger partial charge in [0.05, 0.1) is 11.3 Å². The van der Waals surface area contributed by atoms with Gasteiger partial charge in [0.15, 0.2) is 0 Å². The minimum absolute atomic E-state index is 0.0438.